The van der Waals surface area contributed by atoms with Crippen molar-refractivity contribution in [2.45, 2.75) is 38.8 Å². The van der Waals surface area contributed by atoms with Crippen LogP contribution in [0, 0.1) is 5.82 Å². The summed E-state index contributed by atoms with van der Waals surface area (Å²) in [4.78, 5) is 14.0. The Morgan fingerprint density at radius 2 is 2.04 bits per heavy atom. The fourth-order valence-corrected chi connectivity index (χ4v) is 2.69. The number of aromatic nitrogens is 2. The number of para-hydroxylation sites is 1. The molecule has 1 aromatic carbocycles. The molecular formula is C17H21FN4O. The summed E-state index contributed by atoms with van der Waals surface area (Å²) in [6, 6.07) is 6.01. The van der Waals surface area contributed by atoms with Crippen LogP contribution in [0.4, 0.5) is 15.8 Å². The molecule has 5 nitrogen and oxygen atoms in total. The first-order valence-electron chi connectivity index (χ1n) is 7.74. The van der Waals surface area contributed by atoms with E-state index in [0.717, 1.165) is 5.69 Å². The van der Waals surface area contributed by atoms with Crippen molar-refractivity contribution in [2.24, 2.45) is 0 Å². The van der Waals surface area contributed by atoms with Crippen LogP contribution in [0.3, 0.4) is 0 Å². The normalized spacial score (nSPS) is 18.5. The van der Waals surface area contributed by atoms with E-state index in [4.69, 9.17) is 0 Å². The molecule has 0 spiro atoms. The van der Waals surface area contributed by atoms with Crippen molar-refractivity contribution in [3.63, 3.8) is 0 Å². The van der Waals surface area contributed by atoms with Crippen LogP contribution in [-0.4, -0.2) is 28.3 Å². The van der Waals surface area contributed by atoms with Crippen molar-refractivity contribution < 1.29 is 9.18 Å². The Labute approximate surface area is 135 Å². The molecule has 1 unspecified atom stereocenters. The van der Waals surface area contributed by atoms with E-state index in [1.165, 1.54) is 11.0 Å². The van der Waals surface area contributed by atoms with Gasteiger partial charge in [-0.15, -0.1) is 0 Å². The average molecular weight is 316 g/mol. The second-order valence-corrected chi connectivity index (χ2v) is 6.77. The number of nitrogens with zero attached hydrogens (tertiary/aromatic N) is 3. The molecule has 1 aromatic heterocycles. The summed E-state index contributed by atoms with van der Waals surface area (Å²) >= 11 is 0. The molecule has 0 saturated carbocycles. The van der Waals surface area contributed by atoms with Gasteiger partial charge < -0.3 is 10.2 Å². The number of anilines is 2. The van der Waals surface area contributed by atoms with Gasteiger partial charge in [0.1, 0.15) is 11.9 Å². The summed E-state index contributed by atoms with van der Waals surface area (Å²) in [6.07, 6.45) is 4.23. The number of rotatable bonds is 3. The monoisotopic (exact) mass is 316 g/mol. The Bertz CT molecular complexity index is 719. The standard InChI is InChI=1S/C17H21FN4O/c1-17(2,3)22-11-12(10-19-22)20-14-8-9-21(16(14)23)15-7-5-4-6-13(15)18/h4-7,10-11,14,20H,8-9H2,1-3H3. The van der Waals surface area contributed by atoms with Crippen LogP contribution in [0.1, 0.15) is 27.2 Å². The number of nitrogens with one attached hydrogen (secondary N) is 1. The third-order valence-electron chi connectivity index (χ3n) is 3.96. The molecule has 0 aliphatic carbocycles. The molecule has 1 aliphatic rings. The Hall–Kier alpha value is -2.37. The van der Waals surface area contributed by atoms with E-state index in [1.807, 2.05) is 10.9 Å². The number of carbonyl (C=O) groups is 1. The van der Waals surface area contributed by atoms with Crippen LogP contribution in [0.2, 0.25) is 0 Å². The number of hydrogen-bond acceptors (Lipinski definition) is 3. The molecule has 1 saturated heterocycles. The lowest BCUT2D eigenvalue weighted by Crippen LogP contribution is -2.33. The Morgan fingerprint density at radius 3 is 2.70 bits per heavy atom. The largest absolute Gasteiger partial charge is 0.371 e. The highest BCUT2D eigenvalue weighted by Crippen LogP contribution is 2.26. The molecule has 1 amide bonds. The second kappa shape index (κ2) is 5.68. The molecule has 0 bridgehead atoms. The predicted octanol–water partition coefficient (Wildman–Crippen LogP) is 2.99. The second-order valence-electron chi connectivity index (χ2n) is 6.77. The van der Waals surface area contributed by atoms with Gasteiger partial charge in [0.25, 0.3) is 0 Å². The zero-order valence-corrected chi connectivity index (χ0v) is 13.6. The maximum Gasteiger partial charge on any atom is 0.249 e. The number of benzene rings is 1. The molecule has 23 heavy (non-hydrogen) atoms. The highest BCUT2D eigenvalue weighted by atomic mass is 19.1. The molecule has 1 N–H and O–H groups in total. The summed E-state index contributed by atoms with van der Waals surface area (Å²) in [6.45, 7) is 6.68. The first-order chi connectivity index (χ1) is 10.9. The molecule has 1 aliphatic heterocycles. The molecule has 3 rings (SSSR count). The molecule has 1 atom stereocenters. The SMILES string of the molecule is CC(C)(C)n1cc(NC2CCN(c3ccccc3F)C2=O)cn1. The van der Waals surface area contributed by atoms with Gasteiger partial charge in [-0.25, -0.2) is 4.39 Å². The summed E-state index contributed by atoms with van der Waals surface area (Å²) in [5, 5.41) is 7.52. The fourth-order valence-electron chi connectivity index (χ4n) is 2.69. The fraction of sp³-hybridized carbons (Fsp3) is 0.412. The van der Waals surface area contributed by atoms with Crippen LogP contribution in [0.25, 0.3) is 0 Å². The highest BCUT2D eigenvalue weighted by molar-refractivity contribution is 6.01. The summed E-state index contributed by atoms with van der Waals surface area (Å²) in [5.74, 6) is -0.485. The van der Waals surface area contributed by atoms with Gasteiger partial charge in [-0.3, -0.25) is 9.48 Å². The highest BCUT2D eigenvalue weighted by Gasteiger charge is 2.34. The Kier molecular flexibility index (Phi) is 3.83. The number of amides is 1. The lowest BCUT2D eigenvalue weighted by molar-refractivity contribution is -0.117. The lowest BCUT2D eigenvalue weighted by Gasteiger charge is -2.19. The van der Waals surface area contributed by atoms with Crippen molar-refractivity contribution in [3.05, 3.63) is 42.5 Å². The number of hydrogen-bond donors (Lipinski definition) is 1. The van der Waals surface area contributed by atoms with E-state index >= 15 is 0 Å². The van der Waals surface area contributed by atoms with Gasteiger partial charge in [-0.05, 0) is 39.3 Å². The summed E-state index contributed by atoms with van der Waals surface area (Å²) in [7, 11) is 0. The summed E-state index contributed by atoms with van der Waals surface area (Å²) in [5.41, 5.74) is 1.03. The zero-order chi connectivity index (χ0) is 16.6. The molecule has 2 aromatic rings. The zero-order valence-electron chi connectivity index (χ0n) is 13.6. The Morgan fingerprint density at radius 1 is 1.30 bits per heavy atom. The van der Waals surface area contributed by atoms with Crippen LogP contribution in [-0.2, 0) is 10.3 Å². The van der Waals surface area contributed by atoms with Crippen LogP contribution >= 0.6 is 0 Å². The van der Waals surface area contributed by atoms with Gasteiger partial charge >= 0.3 is 0 Å². The first kappa shape index (κ1) is 15.5. The van der Waals surface area contributed by atoms with Crippen LogP contribution in [0.5, 0.6) is 0 Å². The smallest absolute Gasteiger partial charge is 0.249 e. The quantitative estimate of drug-likeness (QED) is 0.947. The third kappa shape index (κ3) is 3.06. The van der Waals surface area contributed by atoms with Gasteiger partial charge in [0.15, 0.2) is 0 Å². The van der Waals surface area contributed by atoms with Gasteiger partial charge in [0, 0.05) is 12.7 Å². The van der Waals surface area contributed by atoms with Crippen molar-refractivity contribution in [3.8, 4) is 0 Å². The van der Waals surface area contributed by atoms with E-state index in [9.17, 15) is 9.18 Å². The van der Waals surface area contributed by atoms with E-state index in [1.54, 1.807) is 24.4 Å². The van der Waals surface area contributed by atoms with Gasteiger partial charge in [0.05, 0.1) is 23.1 Å². The minimum absolute atomic E-state index is 0.112. The molecule has 0 radical (unpaired) electrons. The van der Waals surface area contributed by atoms with E-state index in [2.05, 4.69) is 31.2 Å². The van der Waals surface area contributed by atoms with Crippen molar-refractivity contribution >= 4 is 17.3 Å². The number of carbonyl (C=O) groups excluding carboxylic acids is 1. The Balaban J connectivity index is 1.73. The van der Waals surface area contributed by atoms with Gasteiger partial charge in [0.2, 0.25) is 5.91 Å². The predicted molar refractivity (Wildman–Crippen MR) is 88.0 cm³/mol. The molecule has 1 fully saturated rings. The van der Waals surface area contributed by atoms with Crippen LogP contribution in [0.15, 0.2) is 36.7 Å². The lowest BCUT2D eigenvalue weighted by atomic mass is 10.1. The van der Waals surface area contributed by atoms with E-state index in [-0.39, 0.29) is 23.3 Å². The molecular weight excluding hydrogens is 295 g/mol. The van der Waals surface area contributed by atoms with Gasteiger partial charge in [-0.1, -0.05) is 12.1 Å². The van der Waals surface area contributed by atoms with E-state index in [0.29, 0.717) is 18.7 Å². The first-order valence-corrected chi connectivity index (χ1v) is 7.74. The third-order valence-corrected chi connectivity index (χ3v) is 3.96. The minimum Gasteiger partial charge on any atom is -0.371 e. The molecule has 2 heterocycles. The summed E-state index contributed by atoms with van der Waals surface area (Å²) < 4.78 is 15.7. The van der Waals surface area contributed by atoms with Crippen molar-refractivity contribution in [2.75, 3.05) is 16.8 Å². The molecule has 122 valence electrons. The minimum atomic E-state index is -0.373. The van der Waals surface area contributed by atoms with Gasteiger partial charge in [-0.2, -0.15) is 5.10 Å². The maximum absolute atomic E-state index is 13.9. The topological polar surface area (TPSA) is 50.2 Å². The van der Waals surface area contributed by atoms with Crippen LogP contribution < -0.4 is 10.2 Å². The van der Waals surface area contributed by atoms with Crippen molar-refractivity contribution in [1.82, 2.24) is 9.78 Å². The van der Waals surface area contributed by atoms with E-state index < -0.39 is 0 Å². The van der Waals surface area contributed by atoms with Crippen molar-refractivity contribution in [1.29, 1.82) is 0 Å². The number of halogens is 1. The maximum atomic E-state index is 13.9. The average Bonchev–Trinajstić information content (AvgIpc) is 3.08. The molecule has 6 heteroatoms.